The lowest BCUT2D eigenvalue weighted by molar-refractivity contribution is 1.36. The Balaban J connectivity index is 2.44. The molecular formula is C14H10Cl2N2S. The van der Waals surface area contributed by atoms with Crippen LogP contribution >= 0.6 is 35.0 Å². The molecule has 0 aromatic heterocycles. The molecule has 0 aliphatic heterocycles. The molecule has 0 amide bonds. The second-order valence-electron chi connectivity index (χ2n) is 3.72. The average Bonchev–Trinajstić information content (AvgIpc) is 2.43. The molecule has 2 aromatic carbocycles. The molecule has 19 heavy (non-hydrogen) atoms. The second-order valence-corrected chi connectivity index (χ2v) is 5.35. The van der Waals surface area contributed by atoms with Gasteiger partial charge in [-0.05, 0) is 30.5 Å². The van der Waals surface area contributed by atoms with Crippen molar-refractivity contribution in [3.63, 3.8) is 0 Å². The minimum atomic E-state index is 0.447. The SMILES string of the molecule is CSc1cccc(Nc2cccc(Cl)c2Cl)c1C#N. The highest BCUT2D eigenvalue weighted by Gasteiger charge is 2.10. The summed E-state index contributed by atoms with van der Waals surface area (Å²) in [6.45, 7) is 0. The number of anilines is 2. The minimum Gasteiger partial charge on any atom is -0.353 e. The standard InChI is InChI=1S/C14H10Cl2N2S/c1-19-13-7-3-5-11(9(13)8-17)18-12-6-2-4-10(15)14(12)16/h2-7,18H,1H3. The number of thioether (sulfide) groups is 1. The second kappa shape index (κ2) is 6.21. The Kier molecular flexibility index (Phi) is 4.60. The number of halogens is 2. The first kappa shape index (κ1) is 14.1. The minimum absolute atomic E-state index is 0.447. The largest absolute Gasteiger partial charge is 0.353 e. The van der Waals surface area contributed by atoms with E-state index in [0.29, 0.717) is 21.3 Å². The van der Waals surface area contributed by atoms with E-state index in [0.717, 1.165) is 10.6 Å². The van der Waals surface area contributed by atoms with Gasteiger partial charge in [0, 0.05) is 4.90 Å². The van der Waals surface area contributed by atoms with Crippen molar-refractivity contribution >= 4 is 46.3 Å². The lowest BCUT2D eigenvalue weighted by Crippen LogP contribution is -1.95. The summed E-state index contributed by atoms with van der Waals surface area (Å²) >= 11 is 13.6. The zero-order chi connectivity index (χ0) is 13.8. The first-order valence-corrected chi connectivity index (χ1v) is 7.43. The summed E-state index contributed by atoms with van der Waals surface area (Å²) in [4.78, 5) is 0.922. The van der Waals surface area contributed by atoms with Crippen LogP contribution in [0.3, 0.4) is 0 Å². The number of hydrogen-bond acceptors (Lipinski definition) is 3. The van der Waals surface area contributed by atoms with Gasteiger partial charge < -0.3 is 5.32 Å². The van der Waals surface area contributed by atoms with E-state index >= 15 is 0 Å². The van der Waals surface area contributed by atoms with Crippen LogP contribution < -0.4 is 5.32 Å². The van der Waals surface area contributed by atoms with Crippen molar-refractivity contribution in [2.24, 2.45) is 0 Å². The molecular weight excluding hydrogens is 299 g/mol. The Morgan fingerprint density at radius 2 is 1.79 bits per heavy atom. The summed E-state index contributed by atoms with van der Waals surface area (Å²) in [6, 6.07) is 13.2. The maximum absolute atomic E-state index is 9.27. The third-order valence-corrected chi connectivity index (χ3v) is 4.18. The van der Waals surface area contributed by atoms with Gasteiger partial charge >= 0.3 is 0 Å². The first-order valence-electron chi connectivity index (χ1n) is 5.45. The lowest BCUT2D eigenvalue weighted by atomic mass is 10.2. The Labute approximate surface area is 126 Å². The molecule has 2 nitrogen and oxygen atoms in total. The Morgan fingerprint density at radius 1 is 1.11 bits per heavy atom. The van der Waals surface area contributed by atoms with E-state index < -0.39 is 0 Å². The first-order chi connectivity index (χ1) is 9.17. The molecule has 0 bridgehead atoms. The number of nitriles is 1. The highest BCUT2D eigenvalue weighted by molar-refractivity contribution is 7.98. The number of nitrogens with one attached hydrogen (secondary N) is 1. The molecule has 0 spiro atoms. The predicted octanol–water partition coefficient (Wildman–Crippen LogP) is 5.33. The molecule has 2 rings (SSSR count). The zero-order valence-corrected chi connectivity index (χ0v) is 12.4. The van der Waals surface area contributed by atoms with E-state index in [1.54, 1.807) is 12.1 Å². The maximum Gasteiger partial charge on any atom is 0.103 e. The van der Waals surface area contributed by atoms with Crippen molar-refractivity contribution in [3.05, 3.63) is 52.0 Å². The molecule has 0 fully saturated rings. The van der Waals surface area contributed by atoms with Crippen LogP contribution in [0.4, 0.5) is 11.4 Å². The van der Waals surface area contributed by atoms with Gasteiger partial charge in [-0.15, -0.1) is 11.8 Å². The summed E-state index contributed by atoms with van der Waals surface area (Å²) in [5.41, 5.74) is 2.01. The smallest absolute Gasteiger partial charge is 0.103 e. The van der Waals surface area contributed by atoms with Crippen molar-refractivity contribution in [3.8, 4) is 6.07 Å². The molecule has 0 unspecified atom stereocenters. The third kappa shape index (κ3) is 2.98. The third-order valence-electron chi connectivity index (χ3n) is 2.58. The molecule has 0 radical (unpaired) electrons. The van der Waals surface area contributed by atoms with Gasteiger partial charge in [-0.3, -0.25) is 0 Å². The van der Waals surface area contributed by atoms with Crippen LogP contribution in [0.2, 0.25) is 10.0 Å². The molecule has 0 aliphatic carbocycles. The Hall–Kier alpha value is -1.34. The van der Waals surface area contributed by atoms with Crippen molar-refractivity contribution in [1.82, 2.24) is 0 Å². The van der Waals surface area contributed by atoms with Crippen LogP contribution in [0.15, 0.2) is 41.3 Å². The Morgan fingerprint density at radius 3 is 2.47 bits per heavy atom. The van der Waals surface area contributed by atoms with E-state index in [1.807, 2.05) is 30.5 Å². The van der Waals surface area contributed by atoms with Crippen molar-refractivity contribution in [2.75, 3.05) is 11.6 Å². The fourth-order valence-corrected chi connectivity index (χ4v) is 2.59. The van der Waals surface area contributed by atoms with E-state index in [-0.39, 0.29) is 0 Å². The van der Waals surface area contributed by atoms with Crippen molar-refractivity contribution in [2.45, 2.75) is 4.90 Å². The molecule has 0 aliphatic rings. The van der Waals surface area contributed by atoms with E-state index in [2.05, 4.69) is 11.4 Å². The topological polar surface area (TPSA) is 35.8 Å². The summed E-state index contributed by atoms with van der Waals surface area (Å²) in [5, 5.41) is 13.3. The average molecular weight is 309 g/mol. The fourth-order valence-electron chi connectivity index (χ4n) is 1.67. The van der Waals surface area contributed by atoms with Gasteiger partial charge in [-0.1, -0.05) is 35.3 Å². The number of rotatable bonds is 3. The molecule has 96 valence electrons. The monoisotopic (exact) mass is 308 g/mol. The van der Waals surface area contributed by atoms with Crippen LogP contribution in [-0.2, 0) is 0 Å². The highest BCUT2D eigenvalue weighted by atomic mass is 35.5. The van der Waals surface area contributed by atoms with E-state index in [1.165, 1.54) is 11.8 Å². The molecule has 2 aromatic rings. The normalized spacial score (nSPS) is 10.0. The van der Waals surface area contributed by atoms with Crippen molar-refractivity contribution in [1.29, 1.82) is 5.26 Å². The van der Waals surface area contributed by atoms with Gasteiger partial charge in [0.15, 0.2) is 0 Å². The summed E-state index contributed by atoms with van der Waals surface area (Å²) in [5.74, 6) is 0. The van der Waals surface area contributed by atoms with Crippen molar-refractivity contribution < 1.29 is 0 Å². The summed E-state index contributed by atoms with van der Waals surface area (Å²) < 4.78 is 0. The molecule has 0 saturated heterocycles. The molecule has 0 atom stereocenters. The number of hydrogen-bond donors (Lipinski definition) is 1. The van der Waals surface area contributed by atoms with Gasteiger partial charge in [0.1, 0.15) is 6.07 Å². The van der Waals surface area contributed by atoms with Crippen LogP contribution in [0.5, 0.6) is 0 Å². The maximum atomic E-state index is 9.27. The van der Waals surface area contributed by atoms with Gasteiger partial charge in [0.2, 0.25) is 0 Å². The summed E-state index contributed by atoms with van der Waals surface area (Å²) in [7, 11) is 0. The van der Waals surface area contributed by atoms with Crippen LogP contribution in [0, 0.1) is 11.3 Å². The molecule has 0 saturated carbocycles. The fraction of sp³-hybridized carbons (Fsp3) is 0.0714. The quantitative estimate of drug-likeness (QED) is 0.778. The zero-order valence-electron chi connectivity index (χ0n) is 10.1. The van der Waals surface area contributed by atoms with Crippen LogP contribution in [-0.4, -0.2) is 6.26 Å². The van der Waals surface area contributed by atoms with Gasteiger partial charge in [0.25, 0.3) is 0 Å². The van der Waals surface area contributed by atoms with Crippen LogP contribution in [0.25, 0.3) is 0 Å². The summed E-state index contributed by atoms with van der Waals surface area (Å²) in [6.07, 6.45) is 1.94. The molecule has 1 N–H and O–H groups in total. The molecule has 0 heterocycles. The van der Waals surface area contributed by atoms with Crippen LogP contribution in [0.1, 0.15) is 5.56 Å². The molecule has 5 heteroatoms. The van der Waals surface area contributed by atoms with E-state index in [4.69, 9.17) is 23.2 Å². The highest BCUT2D eigenvalue weighted by Crippen LogP contribution is 2.34. The van der Waals surface area contributed by atoms with E-state index in [9.17, 15) is 5.26 Å². The number of benzene rings is 2. The predicted molar refractivity (Wildman–Crippen MR) is 82.7 cm³/mol. The Bertz CT molecular complexity index is 650. The van der Waals surface area contributed by atoms with Gasteiger partial charge in [-0.2, -0.15) is 5.26 Å². The van der Waals surface area contributed by atoms with Gasteiger partial charge in [-0.25, -0.2) is 0 Å². The lowest BCUT2D eigenvalue weighted by Gasteiger charge is -2.12. The van der Waals surface area contributed by atoms with Gasteiger partial charge in [0.05, 0.1) is 27.0 Å². The number of nitrogens with zero attached hydrogens (tertiary/aromatic N) is 1.